The fourth-order valence-electron chi connectivity index (χ4n) is 3.13. The Labute approximate surface area is 186 Å². The highest BCUT2D eigenvalue weighted by Gasteiger charge is 2.13. The van der Waals surface area contributed by atoms with E-state index >= 15 is 0 Å². The summed E-state index contributed by atoms with van der Waals surface area (Å²) >= 11 is 0. The Morgan fingerprint density at radius 2 is 1.37 bits per heavy atom. The average Bonchev–Trinajstić information content (AvgIpc) is 2.83. The Balaban J connectivity index is 0.00000198. The molecule has 0 bridgehead atoms. The maximum absolute atomic E-state index is 5.75. The largest absolute Gasteiger partial charge is 0.494 e. The second kappa shape index (κ2) is 17.3. The molecule has 0 saturated carbocycles. The molecule has 0 unspecified atom stereocenters. The van der Waals surface area contributed by atoms with E-state index in [0.29, 0.717) is 0 Å². The normalized spacial score (nSPS) is 11.7. The van der Waals surface area contributed by atoms with Crippen LogP contribution in [0.4, 0.5) is 0 Å². The van der Waals surface area contributed by atoms with Gasteiger partial charge in [-0.2, -0.15) is 0 Å². The maximum atomic E-state index is 5.75. The SMILES string of the molecule is CC.CC.C\C=C/C(=C\C)C(/CC)=C(/c1ccccc1)c1ccc(OCCC)cc1. The van der Waals surface area contributed by atoms with Gasteiger partial charge in [0.1, 0.15) is 5.75 Å². The van der Waals surface area contributed by atoms with Gasteiger partial charge < -0.3 is 4.74 Å². The highest BCUT2D eigenvalue weighted by molar-refractivity contribution is 5.85. The molecule has 0 aliphatic heterocycles. The first-order valence-corrected chi connectivity index (χ1v) is 11.6. The molecule has 2 aromatic carbocycles. The van der Waals surface area contributed by atoms with E-state index in [1.165, 1.54) is 27.8 Å². The van der Waals surface area contributed by atoms with Gasteiger partial charge in [0, 0.05) is 0 Å². The molecular weight excluding hydrogens is 364 g/mol. The van der Waals surface area contributed by atoms with Crippen LogP contribution in [0.2, 0.25) is 0 Å². The van der Waals surface area contributed by atoms with Gasteiger partial charge in [-0.05, 0) is 66.7 Å². The standard InChI is InChI=1S/C25H30O.2C2H6/c1-5-12-20(7-3)24(8-4)25(21-13-10-9-11-14-21)22-15-17-23(18-16-22)26-19-6-2;2*1-2/h5,7,9-18H,6,8,19H2,1-4H3;2*1-2H3/b12-5-,20-7+,25-24-;;. The van der Waals surface area contributed by atoms with Gasteiger partial charge in [0.2, 0.25) is 0 Å². The second-order valence-electron chi connectivity index (χ2n) is 6.19. The average molecular weight is 407 g/mol. The van der Waals surface area contributed by atoms with Crippen LogP contribution in [0.5, 0.6) is 5.75 Å². The van der Waals surface area contributed by atoms with Gasteiger partial charge in [-0.3, -0.25) is 0 Å². The zero-order chi connectivity index (χ0) is 22.8. The monoisotopic (exact) mass is 406 g/mol. The number of benzene rings is 2. The van der Waals surface area contributed by atoms with E-state index < -0.39 is 0 Å². The van der Waals surface area contributed by atoms with Crippen LogP contribution in [0.25, 0.3) is 5.57 Å². The molecule has 0 spiro atoms. The first kappa shape index (κ1) is 27.5. The smallest absolute Gasteiger partial charge is 0.119 e. The van der Waals surface area contributed by atoms with Crippen molar-refractivity contribution in [3.05, 3.63) is 95.1 Å². The Hall–Kier alpha value is -2.54. The van der Waals surface area contributed by atoms with E-state index in [0.717, 1.165) is 25.2 Å². The van der Waals surface area contributed by atoms with E-state index in [1.807, 2.05) is 27.7 Å². The van der Waals surface area contributed by atoms with Gasteiger partial charge in [0.15, 0.2) is 0 Å². The van der Waals surface area contributed by atoms with E-state index in [2.05, 4.69) is 101 Å². The van der Waals surface area contributed by atoms with E-state index in [4.69, 9.17) is 4.74 Å². The van der Waals surface area contributed by atoms with E-state index in [9.17, 15) is 0 Å². The lowest BCUT2D eigenvalue weighted by Gasteiger charge is -2.17. The number of rotatable bonds is 8. The topological polar surface area (TPSA) is 9.23 Å². The van der Waals surface area contributed by atoms with Crippen molar-refractivity contribution in [3.63, 3.8) is 0 Å². The van der Waals surface area contributed by atoms with Gasteiger partial charge in [-0.15, -0.1) is 0 Å². The minimum atomic E-state index is 0.755. The Bertz CT molecular complexity index is 762. The third-order valence-corrected chi connectivity index (χ3v) is 4.34. The van der Waals surface area contributed by atoms with Crippen molar-refractivity contribution >= 4 is 5.57 Å². The Kier molecular flexibility index (Phi) is 15.9. The van der Waals surface area contributed by atoms with Crippen LogP contribution in [-0.2, 0) is 0 Å². The zero-order valence-corrected chi connectivity index (χ0v) is 20.5. The Morgan fingerprint density at radius 3 is 1.83 bits per heavy atom. The molecule has 30 heavy (non-hydrogen) atoms. The molecule has 0 radical (unpaired) electrons. The molecule has 0 N–H and O–H groups in total. The second-order valence-corrected chi connectivity index (χ2v) is 6.19. The van der Waals surface area contributed by atoms with Crippen molar-refractivity contribution in [1.29, 1.82) is 0 Å². The third-order valence-electron chi connectivity index (χ3n) is 4.34. The summed E-state index contributed by atoms with van der Waals surface area (Å²) in [6.07, 6.45) is 8.49. The van der Waals surface area contributed by atoms with Gasteiger partial charge >= 0.3 is 0 Å². The van der Waals surface area contributed by atoms with Crippen LogP contribution in [0.15, 0.2) is 84.0 Å². The molecular formula is C29H42O. The molecule has 0 amide bonds. The molecule has 0 aliphatic rings. The van der Waals surface area contributed by atoms with Gasteiger partial charge in [0.25, 0.3) is 0 Å². The van der Waals surface area contributed by atoms with Crippen molar-refractivity contribution < 1.29 is 4.74 Å². The number of hydrogen-bond acceptors (Lipinski definition) is 1. The quantitative estimate of drug-likeness (QED) is 0.397. The lowest BCUT2D eigenvalue weighted by Crippen LogP contribution is -1.98. The van der Waals surface area contributed by atoms with Crippen molar-refractivity contribution in [2.24, 2.45) is 0 Å². The van der Waals surface area contributed by atoms with Crippen LogP contribution >= 0.6 is 0 Å². The molecule has 1 heteroatoms. The van der Waals surface area contributed by atoms with Crippen molar-refractivity contribution in [3.8, 4) is 5.75 Å². The van der Waals surface area contributed by atoms with Crippen LogP contribution in [0.3, 0.4) is 0 Å². The minimum Gasteiger partial charge on any atom is -0.494 e. The summed E-state index contributed by atoms with van der Waals surface area (Å²) in [6.45, 7) is 17.3. The van der Waals surface area contributed by atoms with Crippen molar-refractivity contribution in [1.82, 2.24) is 0 Å². The first-order chi connectivity index (χ1) is 14.7. The van der Waals surface area contributed by atoms with Crippen molar-refractivity contribution in [2.75, 3.05) is 6.61 Å². The summed E-state index contributed by atoms with van der Waals surface area (Å²) in [4.78, 5) is 0. The van der Waals surface area contributed by atoms with Gasteiger partial charge in [-0.1, -0.05) is 102 Å². The molecule has 0 atom stereocenters. The maximum Gasteiger partial charge on any atom is 0.119 e. The molecule has 2 aromatic rings. The summed E-state index contributed by atoms with van der Waals surface area (Å²) in [5, 5.41) is 0. The number of ether oxygens (including phenoxy) is 1. The highest BCUT2D eigenvalue weighted by Crippen LogP contribution is 2.33. The summed E-state index contributed by atoms with van der Waals surface area (Å²) in [6, 6.07) is 19.1. The molecule has 0 aromatic heterocycles. The van der Waals surface area contributed by atoms with Gasteiger partial charge in [-0.25, -0.2) is 0 Å². The highest BCUT2D eigenvalue weighted by atomic mass is 16.5. The van der Waals surface area contributed by atoms with Crippen molar-refractivity contribution in [2.45, 2.75) is 68.2 Å². The molecule has 1 nitrogen and oxygen atoms in total. The predicted molar refractivity (Wildman–Crippen MR) is 136 cm³/mol. The molecule has 0 saturated heterocycles. The molecule has 0 fully saturated rings. The fourth-order valence-corrected chi connectivity index (χ4v) is 3.13. The minimum absolute atomic E-state index is 0.755. The molecule has 2 rings (SSSR count). The van der Waals surface area contributed by atoms with E-state index in [-0.39, 0.29) is 0 Å². The van der Waals surface area contributed by atoms with Crippen LogP contribution in [-0.4, -0.2) is 6.61 Å². The van der Waals surface area contributed by atoms with Crippen LogP contribution in [0, 0.1) is 0 Å². The van der Waals surface area contributed by atoms with Crippen LogP contribution in [0.1, 0.15) is 79.4 Å². The Morgan fingerprint density at radius 1 is 0.800 bits per heavy atom. The summed E-state index contributed by atoms with van der Waals surface area (Å²) in [5.41, 5.74) is 6.40. The third kappa shape index (κ3) is 8.45. The van der Waals surface area contributed by atoms with Gasteiger partial charge in [0.05, 0.1) is 6.61 Å². The lowest BCUT2D eigenvalue weighted by molar-refractivity contribution is 0.317. The molecule has 0 heterocycles. The number of allylic oxidation sites excluding steroid dienone is 5. The summed E-state index contributed by atoms with van der Waals surface area (Å²) in [5.74, 6) is 0.931. The van der Waals surface area contributed by atoms with E-state index in [1.54, 1.807) is 0 Å². The lowest BCUT2D eigenvalue weighted by atomic mass is 9.88. The predicted octanol–water partition coefficient (Wildman–Crippen LogP) is 9.26. The fraction of sp³-hybridized carbons (Fsp3) is 0.379. The molecule has 164 valence electrons. The number of hydrogen-bond donors (Lipinski definition) is 0. The summed E-state index contributed by atoms with van der Waals surface area (Å²) in [7, 11) is 0. The summed E-state index contributed by atoms with van der Waals surface area (Å²) < 4.78 is 5.75. The molecule has 0 aliphatic carbocycles. The van der Waals surface area contributed by atoms with Crippen LogP contribution < -0.4 is 4.74 Å². The zero-order valence-electron chi connectivity index (χ0n) is 20.5. The first-order valence-electron chi connectivity index (χ1n) is 11.6.